The second kappa shape index (κ2) is 6.83. The van der Waals surface area contributed by atoms with E-state index in [0.717, 1.165) is 40.7 Å². The smallest absolute Gasteiger partial charge is 0.348 e. The first-order chi connectivity index (χ1) is 13.8. The van der Waals surface area contributed by atoms with Crippen LogP contribution in [-0.4, -0.2) is 14.6 Å². The van der Waals surface area contributed by atoms with Crippen molar-refractivity contribution in [2.24, 2.45) is 0 Å². The fourth-order valence-corrected chi connectivity index (χ4v) is 3.53. The van der Waals surface area contributed by atoms with Gasteiger partial charge in [0.2, 0.25) is 0 Å². The third-order valence-electron chi connectivity index (χ3n) is 4.91. The number of nitrogens with one attached hydrogen (secondary N) is 2. The van der Waals surface area contributed by atoms with E-state index in [0.29, 0.717) is 5.65 Å². The third kappa shape index (κ3) is 2.90. The molecule has 0 saturated heterocycles. The van der Waals surface area contributed by atoms with Gasteiger partial charge < -0.3 is 9.73 Å². The van der Waals surface area contributed by atoms with Gasteiger partial charge in [0.15, 0.2) is 5.65 Å². The number of aromatic nitrogens is 3. The largest absolute Gasteiger partial charge is 0.472 e. The number of hydrogen-bond acceptors (Lipinski definition) is 4. The maximum Gasteiger partial charge on any atom is 0.348 e. The van der Waals surface area contributed by atoms with Gasteiger partial charge in [-0.3, -0.25) is 0 Å². The summed E-state index contributed by atoms with van der Waals surface area (Å²) in [6, 6.07) is 20.2. The zero-order chi connectivity index (χ0) is 18.9. The summed E-state index contributed by atoms with van der Waals surface area (Å²) in [5, 5.41) is 11.1. The predicted molar refractivity (Wildman–Crippen MR) is 108 cm³/mol. The molecule has 28 heavy (non-hydrogen) atoms. The van der Waals surface area contributed by atoms with E-state index < -0.39 is 0 Å². The fourth-order valence-electron chi connectivity index (χ4n) is 3.53. The van der Waals surface area contributed by atoms with Crippen molar-refractivity contribution in [2.45, 2.75) is 13.1 Å². The van der Waals surface area contributed by atoms with Crippen LogP contribution in [-0.2, 0) is 13.1 Å². The van der Waals surface area contributed by atoms with E-state index in [9.17, 15) is 4.79 Å². The Morgan fingerprint density at radius 2 is 1.82 bits per heavy atom. The van der Waals surface area contributed by atoms with Crippen molar-refractivity contribution in [3.8, 4) is 11.1 Å². The van der Waals surface area contributed by atoms with Gasteiger partial charge >= 0.3 is 5.69 Å². The quantitative estimate of drug-likeness (QED) is 0.494. The number of nitrogens with zero attached hydrogens (tertiary/aromatic N) is 2. The molecule has 0 bridgehead atoms. The third-order valence-corrected chi connectivity index (χ3v) is 4.91. The van der Waals surface area contributed by atoms with Crippen LogP contribution in [0.15, 0.2) is 82.4 Å². The average Bonchev–Trinajstić information content (AvgIpc) is 3.38. The lowest BCUT2D eigenvalue weighted by Gasteiger charge is -2.10. The van der Waals surface area contributed by atoms with Gasteiger partial charge in [-0.2, -0.15) is 5.10 Å². The van der Waals surface area contributed by atoms with Crippen molar-refractivity contribution < 1.29 is 4.42 Å². The summed E-state index contributed by atoms with van der Waals surface area (Å²) >= 11 is 0. The lowest BCUT2D eigenvalue weighted by atomic mass is 10.00. The van der Waals surface area contributed by atoms with Crippen molar-refractivity contribution >= 4 is 16.6 Å². The van der Waals surface area contributed by atoms with Crippen LogP contribution in [0.5, 0.6) is 0 Å². The highest BCUT2D eigenvalue weighted by Crippen LogP contribution is 2.29. The number of aromatic amines is 1. The number of hydrogen-bond donors (Lipinski definition) is 2. The average molecular weight is 370 g/mol. The topological polar surface area (TPSA) is 75.3 Å². The van der Waals surface area contributed by atoms with Crippen LogP contribution in [0.4, 0.5) is 0 Å². The van der Waals surface area contributed by atoms with Crippen LogP contribution in [0.2, 0.25) is 0 Å². The first-order valence-corrected chi connectivity index (χ1v) is 9.09. The minimum absolute atomic E-state index is 0.225. The Balaban J connectivity index is 1.47. The number of rotatable bonds is 5. The Labute approximate surface area is 160 Å². The molecular formula is C22H18N4O2. The second-order valence-corrected chi connectivity index (χ2v) is 6.73. The van der Waals surface area contributed by atoms with Gasteiger partial charge in [0.1, 0.15) is 0 Å². The molecule has 0 aliphatic carbocycles. The number of para-hydroxylation sites is 1. The summed E-state index contributed by atoms with van der Waals surface area (Å²) in [4.78, 5) is 12.1. The standard InChI is InChI=1S/C22H18N4O2/c27-22-25-24-21-11-19(18-3-1-2-4-20(18)26(21)22)17-7-5-15(6-8-17)12-23-13-16-9-10-28-14-16/h1-11,14,23H,12-13H2,(H,25,27). The van der Waals surface area contributed by atoms with Crippen LogP contribution in [0, 0.1) is 0 Å². The molecular weight excluding hydrogens is 352 g/mol. The highest BCUT2D eigenvalue weighted by molar-refractivity contribution is 5.97. The molecule has 3 aromatic heterocycles. The summed E-state index contributed by atoms with van der Waals surface area (Å²) in [5.74, 6) is 0. The predicted octanol–water partition coefficient (Wildman–Crippen LogP) is 3.73. The number of benzene rings is 2. The van der Waals surface area contributed by atoms with Crippen LogP contribution < -0.4 is 11.0 Å². The molecule has 2 aromatic carbocycles. The van der Waals surface area contributed by atoms with Crippen LogP contribution in [0.25, 0.3) is 27.7 Å². The van der Waals surface area contributed by atoms with E-state index in [-0.39, 0.29) is 5.69 Å². The number of pyridine rings is 1. The molecule has 6 heteroatoms. The summed E-state index contributed by atoms with van der Waals surface area (Å²) in [6.07, 6.45) is 3.43. The van der Waals surface area contributed by atoms with E-state index in [4.69, 9.17) is 4.42 Å². The molecule has 0 atom stereocenters. The Bertz CT molecular complexity index is 1300. The van der Waals surface area contributed by atoms with Crippen molar-refractivity contribution in [3.05, 3.63) is 94.8 Å². The monoisotopic (exact) mass is 370 g/mol. The molecule has 0 spiro atoms. The van der Waals surface area contributed by atoms with Crippen molar-refractivity contribution in [2.75, 3.05) is 0 Å². The molecule has 138 valence electrons. The zero-order valence-corrected chi connectivity index (χ0v) is 15.1. The Morgan fingerprint density at radius 3 is 2.64 bits per heavy atom. The lowest BCUT2D eigenvalue weighted by Crippen LogP contribution is -2.12. The van der Waals surface area contributed by atoms with Gasteiger partial charge in [-0.25, -0.2) is 14.3 Å². The van der Waals surface area contributed by atoms with Crippen molar-refractivity contribution in [3.63, 3.8) is 0 Å². The number of fused-ring (bicyclic) bond motifs is 3. The number of furan rings is 1. The molecule has 6 nitrogen and oxygen atoms in total. The summed E-state index contributed by atoms with van der Waals surface area (Å²) < 4.78 is 6.68. The van der Waals surface area contributed by atoms with Gasteiger partial charge in [0.05, 0.1) is 18.0 Å². The van der Waals surface area contributed by atoms with Gasteiger partial charge in [-0.15, -0.1) is 0 Å². The first-order valence-electron chi connectivity index (χ1n) is 9.09. The molecule has 0 saturated carbocycles. The summed E-state index contributed by atoms with van der Waals surface area (Å²) in [7, 11) is 0. The molecule has 3 heterocycles. The van der Waals surface area contributed by atoms with E-state index >= 15 is 0 Å². The van der Waals surface area contributed by atoms with E-state index in [2.05, 4.69) is 39.8 Å². The van der Waals surface area contributed by atoms with E-state index in [1.54, 1.807) is 16.9 Å². The lowest BCUT2D eigenvalue weighted by molar-refractivity contribution is 0.560. The molecule has 0 aliphatic heterocycles. The second-order valence-electron chi connectivity index (χ2n) is 6.73. The molecule has 2 N–H and O–H groups in total. The number of H-pyrrole nitrogens is 1. The van der Waals surface area contributed by atoms with Crippen LogP contribution in [0.1, 0.15) is 11.1 Å². The van der Waals surface area contributed by atoms with Gasteiger partial charge in [-0.1, -0.05) is 42.5 Å². The van der Waals surface area contributed by atoms with Crippen LogP contribution in [0.3, 0.4) is 0 Å². The first kappa shape index (κ1) is 16.5. The Hall–Kier alpha value is -3.64. The minimum Gasteiger partial charge on any atom is -0.472 e. The van der Waals surface area contributed by atoms with E-state index in [1.165, 1.54) is 5.56 Å². The molecule has 5 rings (SSSR count). The summed E-state index contributed by atoms with van der Waals surface area (Å²) in [6.45, 7) is 1.55. The maximum absolute atomic E-state index is 12.1. The van der Waals surface area contributed by atoms with Gasteiger partial charge in [-0.05, 0) is 34.9 Å². The Kier molecular flexibility index (Phi) is 4.03. The fraction of sp³-hybridized carbons (Fsp3) is 0.0909. The van der Waals surface area contributed by atoms with Gasteiger partial charge in [0.25, 0.3) is 0 Å². The van der Waals surface area contributed by atoms with Crippen molar-refractivity contribution in [1.29, 1.82) is 0 Å². The molecule has 5 aromatic rings. The zero-order valence-electron chi connectivity index (χ0n) is 15.1. The molecule has 0 fully saturated rings. The minimum atomic E-state index is -0.225. The molecule has 0 radical (unpaired) electrons. The molecule has 0 unspecified atom stereocenters. The SMILES string of the molecule is O=c1[nH]nc2cc(-c3ccc(CNCc4ccoc4)cc3)c3ccccc3n12. The highest BCUT2D eigenvalue weighted by atomic mass is 16.3. The van der Waals surface area contributed by atoms with Crippen LogP contribution >= 0.6 is 0 Å². The highest BCUT2D eigenvalue weighted by Gasteiger charge is 2.11. The van der Waals surface area contributed by atoms with E-state index in [1.807, 2.05) is 36.4 Å². The van der Waals surface area contributed by atoms with Crippen molar-refractivity contribution in [1.82, 2.24) is 19.9 Å². The molecule has 0 amide bonds. The summed E-state index contributed by atoms with van der Waals surface area (Å²) in [5.41, 5.74) is 5.72. The van der Waals surface area contributed by atoms with Gasteiger partial charge in [0, 0.05) is 24.0 Å². The Morgan fingerprint density at radius 1 is 1.00 bits per heavy atom. The maximum atomic E-state index is 12.1. The molecule has 0 aliphatic rings. The normalized spacial score (nSPS) is 11.4.